The van der Waals surface area contributed by atoms with Crippen LogP contribution in [0.3, 0.4) is 0 Å². The van der Waals surface area contributed by atoms with Gasteiger partial charge in [-0.1, -0.05) is 91.1 Å². The molecule has 7 aliphatic rings. The molecule has 7 aromatic carbocycles. The molecule has 2 fully saturated rings. The first kappa shape index (κ1) is 90.1. The Morgan fingerprint density at radius 1 is 0.689 bits per heavy atom. The van der Waals surface area contributed by atoms with Crippen molar-refractivity contribution < 1.29 is 127 Å². The SMILES string of the molecule is C=CCCOc1cc(CN[C@@]2(C)C[C@H](O[C@H]3[C@H](Oc4c5cc6cc4Oc4ccc(cc4Cl)[C@@H](O)[C@@H](NC(=O)[C@@H](CC(C)C)NC)C(=O)N[C@@H](CC(N)=O)C(=O)N[C@H]6C(=O)N[C@H]4C(=O)N[C@H](C(=O)N[C@H](C(=O)O)c6cc(O)cc(O)c6-c6cc4ccc6O)[C@H](O)c4ccc(c(Cl)c4)O5)O[C@H](CO)[C@@H](O)[C@@H]3O)O[C@@H](C)[C@H]2O)ccc1OCc1ccc(Cl)cc1. The Morgan fingerprint density at radius 2 is 1.33 bits per heavy atom. The van der Waals surface area contributed by atoms with Gasteiger partial charge in [-0.25, -0.2) is 4.79 Å². The molecular formula is C84H92Cl3N9O26. The van der Waals surface area contributed by atoms with Crippen molar-refractivity contribution in [2.75, 3.05) is 20.3 Å². The second kappa shape index (κ2) is 38.5. The van der Waals surface area contributed by atoms with Crippen LogP contribution in [0.15, 0.2) is 134 Å². The number of amides is 7. The molecule has 2 saturated heterocycles. The number of aromatic hydroxyl groups is 3. The number of aliphatic hydroxyl groups excluding tert-OH is 6. The van der Waals surface area contributed by atoms with E-state index in [0.717, 1.165) is 72.3 Å². The number of aliphatic carboxylic acids is 1. The van der Waals surface area contributed by atoms with Gasteiger partial charge >= 0.3 is 5.97 Å². The van der Waals surface area contributed by atoms with Crippen LogP contribution in [0, 0.1) is 5.92 Å². The smallest absolute Gasteiger partial charge is 0.330 e. The average molecular weight is 1750 g/mol. The van der Waals surface area contributed by atoms with Crippen LogP contribution < -0.4 is 72.0 Å². The highest BCUT2D eigenvalue weighted by Gasteiger charge is 2.52. The molecule has 38 heteroatoms. The van der Waals surface area contributed by atoms with E-state index >= 15 is 14.4 Å². The number of carboxylic acids is 1. The molecule has 0 saturated carbocycles. The predicted molar refractivity (Wildman–Crippen MR) is 434 cm³/mol. The maximum atomic E-state index is 16.3. The summed E-state index contributed by atoms with van der Waals surface area (Å²) in [7, 11) is 1.47. The number of phenolic OH excluding ortho intramolecular Hbond substituents is 3. The topological polar surface area (TPSA) is 535 Å². The molecular weight excluding hydrogens is 1660 g/mol. The van der Waals surface area contributed by atoms with Crippen molar-refractivity contribution in [2.45, 2.75) is 176 Å². The molecule has 650 valence electrons. The summed E-state index contributed by atoms with van der Waals surface area (Å²) in [5.74, 6) is -15.4. The Balaban J connectivity index is 1.02. The summed E-state index contributed by atoms with van der Waals surface area (Å²) in [5.41, 5.74) is 3.07. The van der Waals surface area contributed by atoms with Crippen LogP contribution in [0.2, 0.25) is 15.1 Å². The lowest BCUT2D eigenvalue weighted by atomic mass is 9.84. The summed E-state index contributed by atoms with van der Waals surface area (Å²) in [4.78, 5) is 118. The number of hydrogen-bond donors (Lipinski definition) is 19. The maximum Gasteiger partial charge on any atom is 0.330 e. The number of carbonyl (C=O) groups excluding carboxylic acids is 7. The Morgan fingerprint density at radius 3 is 1.96 bits per heavy atom. The number of ether oxygens (including phenoxy) is 8. The van der Waals surface area contributed by atoms with E-state index < -0.39 is 237 Å². The van der Waals surface area contributed by atoms with Crippen LogP contribution in [0.25, 0.3) is 11.1 Å². The minimum absolute atomic E-state index is 0.0877. The molecule has 0 aromatic heterocycles. The van der Waals surface area contributed by atoms with Gasteiger partial charge in [0.05, 0.1) is 47.9 Å². The molecule has 14 rings (SSSR count). The van der Waals surface area contributed by atoms with E-state index in [-0.39, 0.29) is 66.0 Å². The number of aliphatic hydroxyl groups is 6. The number of halogens is 3. The molecule has 18 atom stereocenters. The van der Waals surface area contributed by atoms with Gasteiger partial charge in [0, 0.05) is 46.3 Å². The molecule has 0 spiro atoms. The first-order chi connectivity index (χ1) is 58.0. The van der Waals surface area contributed by atoms with E-state index in [1.807, 2.05) is 26.0 Å². The number of carbonyl (C=O) groups is 8. The minimum Gasteiger partial charge on any atom is -0.508 e. The molecule has 7 aliphatic heterocycles. The van der Waals surface area contributed by atoms with E-state index in [9.17, 15) is 75.0 Å². The number of phenols is 3. The number of hydrogen-bond acceptors (Lipinski definition) is 27. The van der Waals surface area contributed by atoms with Crippen LogP contribution in [-0.4, -0.2) is 198 Å². The first-order valence-electron chi connectivity index (χ1n) is 38.7. The second-order valence-corrected chi connectivity index (χ2v) is 31.9. The summed E-state index contributed by atoms with van der Waals surface area (Å²) in [6.07, 6.45) is -16.9. The van der Waals surface area contributed by atoms with E-state index in [1.54, 1.807) is 50.3 Å². The number of carboxylic acid groups (broad SMARTS) is 1. The van der Waals surface area contributed by atoms with Crippen LogP contribution >= 0.6 is 34.8 Å². The highest BCUT2D eigenvalue weighted by atomic mass is 35.5. The lowest BCUT2D eigenvalue weighted by Gasteiger charge is -2.48. The number of benzene rings is 7. The summed E-state index contributed by atoms with van der Waals surface area (Å²) < 4.78 is 52.0. The second-order valence-electron chi connectivity index (χ2n) is 30.6. The van der Waals surface area contributed by atoms with Crippen molar-refractivity contribution in [1.29, 1.82) is 0 Å². The number of fused-ring (bicyclic) bond motifs is 15. The van der Waals surface area contributed by atoms with Crippen molar-refractivity contribution in [3.8, 4) is 68.6 Å². The maximum absolute atomic E-state index is 16.3. The van der Waals surface area contributed by atoms with E-state index in [1.165, 1.54) is 19.2 Å². The molecule has 0 aliphatic carbocycles. The van der Waals surface area contributed by atoms with Gasteiger partial charge in [-0.05, 0) is 152 Å². The highest BCUT2D eigenvalue weighted by Crippen LogP contribution is 2.50. The number of nitrogens with one attached hydrogen (secondary N) is 8. The van der Waals surface area contributed by atoms with E-state index in [4.69, 9.17) is 78.4 Å². The third kappa shape index (κ3) is 20.3. The molecule has 7 aromatic rings. The summed E-state index contributed by atoms with van der Waals surface area (Å²) >= 11 is 20.5. The fraction of sp³-hybridized carbons (Fsp3) is 0.381. The minimum atomic E-state index is -2.38. The van der Waals surface area contributed by atoms with E-state index in [2.05, 4.69) is 49.1 Å². The van der Waals surface area contributed by atoms with Gasteiger partial charge in [0.15, 0.2) is 41.4 Å². The zero-order valence-electron chi connectivity index (χ0n) is 66.1. The average Bonchev–Trinajstić information content (AvgIpc) is 0.766. The fourth-order valence-corrected chi connectivity index (χ4v) is 15.4. The van der Waals surface area contributed by atoms with Crippen molar-refractivity contribution in [3.05, 3.63) is 188 Å². The first-order valence-corrected chi connectivity index (χ1v) is 39.8. The van der Waals surface area contributed by atoms with Gasteiger partial charge < -0.3 is 137 Å². The molecule has 0 unspecified atom stereocenters. The Hall–Kier alpha value is -11.1. The van der Waals surface area contributed by atoms with Gasteiger partial charge in [0.25, 0.3) is 0 Å². The molecule has 35 nitrogen and oxygen atoms in total. The van der Waals surface area contributed by atoms with Crippen molar-refractivity contribution in [3.63, 3.8) is 0 Å². The van der Waals surface area contributed by atoms with Crippen molar-refractivity contribution in [1.82, 2.24) is 42.5 Å². The zero-order valence-corrected chi connectivity index (χ0v) is 68.4. The lowest BCUT2D eigenvalue weighted by Crippen LogP contribution is -2.65. The van der Waals surface area contributed by atoms with Crippen LogP contribution in [0.4, 0.5) is 0 Å². The summed E-state index contributed by atoms with van der Waals surface area (Å²) in [5, 5.41) is 138. The van der Waals surface area contributed by atoms with Gasteiger partial charge in [-0.15, -0.1) is 6.58 Å². The molecule has 7 heterocycles. The van der Waals surface area contributed by atoms with Crippen LogP contribution in [0.1, 0.15) is 123 Å². The third-order valence-electron chi connectivity index (χ3n) is 21.3. The predicted octanol–water partition coefficient (Wildman–Crippen LogP) is 5.12. The quantitative estimate of drug-likeness (QED) is 0.0292. The van der Waals surface area contributed by atoms with Crippen molar-refractivity contribution in [2.24, 2.45) is 11.7 Å². The van der Waals surface area contributed by atoms with Gasteiger partial charge in [0.2, 0.25) is 53.4 Å². The van der Waals surface area contributed by atoms with Crippen molar-refractivity contribution >= 4 is 82.1 Å². The summed E-state index contributed by atoms with van der Waals surface area (Å²) in [6, 6.07) is 11.6. The third-order valence-corrected chi connectivity index (χ3v) is 22.2. The lowest BCUT2D eigenvalue weighted by molar-refractivity contribution is -0.334. The molecule has 7 amide bonds. The Bertz CT molecular complexity index is 5130. The zero-order chi connectivity index (χ0) is 88.0. The molecule has 0 radical (unpaired) electrons. The highest BCUT2D eigenvalue weighted by molar-refractivity contribution is 6.32. The number of rotatable bonds is 23. The number of primary amides is 1. The van der Waals surface area contributed by atoms with Gasteiger partial charge in [-0.3, -0.25) is 33.6 Å². The summed E-state index contributed by atoms with van der Waals surface area (Å²) in [6.45, 7) is 10.2. The standard InChI is InChI=1S/C84H92Cl3N9O26/c1-7-8-21-115-57-23-39(11-18-56(57)116-35-38-9-15-44(85)16-10-38)33-90-84(5)32-62(117-37(4)75(84)106)121-74-72(105)71(104)60(34-97)120-83(74)122-73-58-27-43-28-59(73)119-55-20-14-42(26-49(55)87)70(103)68-81(112)94-66(82(113)114)47-29-45(98)30-53(100)63(47)46-24-40(12-17-52(46)99)64(78(109)96-68)93-79(110)65(43)92-77(108)51(31-61(88)101)91-80(111)67(95-76(107)50(89-6)22-36(2)3)69(102)41-13-19-54(118-58)48(86)25-41/h7,9-20,23-30,36-37,50-51,60,62,64-72,74-75,83,89-90,97-100,102-106H,1,8,21-22,31-35H2,2-6H3,(H2,88,101)(H,91,111)(H,92,108)(H,93,110)(H,94,112)(H,95,107)(H,96,109)(H,113,114)/t37-,50+,51-,60+,62-,64+,65+,66-,67+,68-,69+,70+,71+,72-,74+,75+,83-,84-/m0/s1. The monoisotopic (exact) mass is 1750 g/mol. The molecule has 122 heavy (non-hydrogen) atoms. The van der Waals surface area contributed by atoms with Crippen LogP contribution in [-0.2, 0) is 65.7 Å². The van der Waals surface area contributed by atoms with Gasteiger partial charge in [0.1, 0.15) is 96.1 Å². The largest absolute Gasteiger partial charge is 0.508 e. The Kier molecular flexibility index (Phi) is 28.5. The Labute approximate surface area is 712 Å². The van der Waals surface area contributed by atoms with Gasteiger partial charge in [-0.2, -0.15) is 0 Å². The van der Waals surface area contributed by atoms with E-state index in [0.29, 0.717) is 28.5 Å². The van der Waals surface area contributed by atoms with Crippen LogP contribution in [0.5, 0.6) is 57.5 Å². The molecule has 11 bridgehead atoms. The number of likely N-dealkylation sites (N-methyl/N-ethyl adjacent to an activating group) is 1. The normalized spacial score (nSPS) is 26.3. The fourth-order valence-electron chi connectivity index (χ4n) is 14.8. The molecule has 20 N–H and O–H groups in total. The number of nitrogens with two attached hydrogens (primary N) is 1.